The predicted octanol–water partition coefficient (Wildman–Crippen LogP) is 0.895. The standard InChI is InChI=1S/C14H23NO5/c1-19-10-14(13(17)18)6-7-15(9-14)12(16)8-20-11-4-2-3-5-11/h11H,2-10H2,1H3,(H,17,18). The number of carboxylic acid groups (broad SMARTS) is 1. The van der Waals surface area contributed by atoms with Gasteiger partial charge in [0.05, 0.1) is 12.7 Å². The largest absolute Gasteiger partial charge is 0.481 e. The lowest BCUT2D eigenvalue weighted by Crippen LogP contribution is -2.41. The van der Waals surface area contributed by atoms with Crippen LogP contribution in [-0.2, 0) is 19.1 Å². The third-order valence-corrected chi connectivity index (χ3v) is 4.33. The molecule has 0 bridgehead atoms. The minimum Gasteiger partial charge on any atom is -0.481 e. The topological polar surface area (TPSA) is 76.1 Å². The van der Waals surface area contributed by atoms with Crippen LogP contribution in [0.5, 0.6) is 0 Å². The molecule has 0 aromatic heterocycles. The van der Waals surface area contributed by atoms with E-state index in [1.165, 1.54) is 20.0 Å². The van der Waals surface area contributed by atoms with Crippen molar-refractivity contribution in [2.75, 3.05) is 33.4 Å². The van der Waals surface area contributed by atoms with Crippen molar-refractivity contribution < 1.29 is 24.2 Å². The van der Waals surface area contributed by atoms with Gasteiger partial charge in [0, 0.05) is 20.2 Å². The summed E-state index contributed by atoms with van der Waals surface area (Å²) in [5.41, 5.74) is -0.961. The molecule has 114 valence electrons. The van der Waals surface area contributed by atoms with Crippen LogP contribution in [0.4, 0.5) is 0 Å². The van der Waals surface area contributed by atoms with Gasteiger partial charge < -0.3 is 19.5 Å². The lowest BCUT2D eigenvalue weighted by molar-refractivity contribution is -0.152. The summed E-state index contributed by atoms with van der Waals surface area (Å²) >= 11 is 0. The Bertz CT molecular complexity index is 367. The molecule has 2 aliphatic rings. The van der Waals surface area contributed by atoms with Crippen molar-refractivity contribution in [2.45, 2.75) is 38.2 Å². The summed E-state index contributed by atoms with van der Waals surface area (Å²) in [5, 5.41) is 9.35. The predicted molar refractivity (Wildman–Crippen MR) is 71.3 cm³/mol. The lowest BCUT2D eigenvalue weighted by Gasteiger charge is -2.24. The van der Waals surface area contributed by atoms with E-state index in [0.29, 0.717) is 13.0 Å². The number of carbonyl (C=O) groups is 2. The SMILES string of the molecule is COCC1(C(=O)O)CCN(C(=O)COC2CCCC2)C1. The molecule has 2 rings (SSSR count). The molecule has 0 radical (unpaired) electrons. The highest BCUT2D eigenvalue weighted by molar-refractivity contribution is 5.81. The Kier molecular flexibility index (Phi) is 4.99. The van der Waals surface area contributed by atoms with Crippen molar-refractivity contribution in [1.82, 2.24) is 4.90 Å². The molecule has 20 heavy (non-hydrogen) atoms. The average molecular weight is 285 g/mol. The van der Waals surface area contributed by atoms with Gasteiger partial charge in [-0.3, -0.25) is 9.59 Å². The van der Waals surface area contributed by atoms with E-state index in [2.05, 4.69) is 0 Å². The number of carbonyl (C=O) groups excluding carboxylic acids is 1. The fraction of sp³-hybridized carbons (Fsp3) is 0.857. The van der Waals surface area contributed by atoms with Crippen molar-refractivity contribution in [2.24, 2.45) is 5.41 Å². The van der Waals surface area contributed by atoms with Crippen LogP contribution < -0.4 is 0 Å². The van der Waals surface area contributed by atoms with Crippen LogP contribution in [0.15, 0.2) is 0 Å². The van der Waals surface area contributed by atoms with E-state index >= 15 is 0 Å². The summed E-state index contributed by atoms with van der Waals surface area (Å²) in [6, 6.07) is 0. The molecule has 6 heteroatoms. The molecule has 1 N–H and O–H groups in total. The summed E-state index contributed by atoms with van der Waals surface area (Å²) in [7, 11) is 1.48. The monoisotopic (exact) mass is 285 g/mol. The van der Waals surface area contributed by atoms with Gasteiger partial charge in [-0.05, 0) is 19.3 Å². The smallest absolute Gasteiger partial charge is 0.313 e. The second-order valence-corrected chi connectivity index (χ2v) is 5.80. The van der Waals surface area contributed by atoms with E-state index in [1.54, 1.807) is 4.90 Å². The molecule has 1 saturated carbocycles. The van der Waals surface area contributed by atoms with Gasteiger partial charge in [0.25, 0.3) is 0 Å². The number of hydrogen-bond donors (Lipinski definition) is 1. The number of nitrogens with zero attached hydrogens (tertiary/aromatic N) is 1. The third kappa shape index (κ3) is 3.30. The van der Waals surface area contributed by atoms with Gasteiger partial charge >= 0.3 is 5.97 Å². The maximum Gasteiger partial charge on any atom is 0.313 e. The quantitative estimate of drug-likeness (QED) is 0.784. The first kappa shape index (κ1) is 15.3. The Morgan fingerprint density at radius 3 is 2.65 bits per heavy atom. The van der Waals surface area contributed by atoms with Crippen LogP contribution in [0.1, 0.15) is 32.1 Å². The molecule has 1 atom stereocenters. The highest BCUT2D eigenvalue weighted by Crippen LogP contribution is 2.31. The van der Waals surface area contributed by atoms with Crippen LogP contribution in [0.2, 0.25) is 0 Å². The summed E-state index contributed by atoms with van der Waals surface area (Å²) in [6.45, 7) is 0.870. The minimum atomic E-state index is -0.961. The third-order valence-electron chi connectivity index (χ3n) is 4.33. The molecule has 1 unspecified atom stereocenters. The van der Waals surface area contributed by atoms with Gasteiger partial charge in [0.2, 0.25) is 5.91 Å². The van der Waals surface area contributed by atoms with E-state index in [1.807, 2.05) is 0 Å². The van der Waals surface area contributed by atoms with Gasteiger partial charge in [0.1, 0.15) is 12.0 Å². The summed E-state index contributed by atoms with van der Waals surface area (Å²) in [6.07, 6.45) is 5.01. The van der Waals surface area contributed by atoms with Gasteiger partial charge in [-0.25, -0.2) is 0 Å². The molecule has 0 aromatic carbocycles. The lowest BCUT2D eigenvalue weighted by atomic mass is 9.88. The molecule has 1 heterocycles. The maximum absolute atomic E-state index is 12.1. The Hall–Kier alpha value is -1.14. The van der Waals surface area contributed by atoms with Crippen molar-refractivity contribution in [3.8, 4) is 0 Å². The van der Waals surface area contributed by atoms with E-state index in [0.717, 1.165) is 12.8 Å². The fourth-order valence-corrected chi connectivity index (χ4v) is 3.05. The highest BCUT2D eigenvalue weighted by Gasteiger charge is 2.46. The number of carboxylic acids is 1. The zero-order valence-corrected chi connectivity index (χ0v) is 12.0. The first-order chi connectivity index (χ1) is 9.57. The van der Waals surface area contributed by atoms with Gasteiger partial charge in [-0.1, -0.05) is 12.8 Å². The number of amides is 1. The van der Waals surface area contributed by atoms with Crippen LogP contribution >= 0.6 is 0 Å². The fourth-order valence-electron chi connectivity index (χ4n) is 3.05. The van der Waals surface area contributed by atoms with Crippen molar-refractivity contribution in [1.29, 1.82) is 0 Å². The van der Waals surface area contributed by atoms with Crippen molar-refractivity contribution in [3.05, 3.63) is 0 Å². The molecule has 1 saturated heterocycles. The Labute approximate surface area is 119 Å². The number of likely N-dealkylation sites (tertiary alicyclic amines) is 1. The minimum absolute atomic E-state index is 0.0628. The molecular weight excluding hydrogens is 262 g/mol. The summed E-state index contributed by atoms with van der Waals surface area (Å²) in [4.78, 5) is 25.1. The maximum atomic E-state index is 12.1. The second-order valence-electron chi connectivity index (χ2n) is 5.80. The van der Waals surface area contributed by atoms with Crippen LogP contribution in [0, 0.1) is 5.41 Å². The van der Waals surface area contributed by atoms with Crippen molar-refractivity contribution >= 4 is 11.9 Å². The number of hydrogen-bond acceptors (Lipinski definition) is 4. The Balaban J connectivity index is 1.84. The average Bonchev–Trinajstić information content (AvgIpc) is 3.06. The summed E-state index contributed by atoms with van der Waals surface area (Å²) in [5.74, 6) is -1.01. The molecule has 1 amide bonds. The zero-order valence-electron chi connectivity index (χ0n) is 12.0. The molecule has 2 fully saturated rings. The normalized spacial score (nSPS) is 27.1. The number of rotatable bonds is 6. The molecule has 6 nitrogen and oxygen atoms in total. The first-order valence-corrected chi connectivity index (χ1v) is 7.19. The number of aliphatic carboxylic acids is 1. The zero-order chi connectivity index (χ0) is 14.6. The second kappa shape index (κ2) is 6.54. The Morgan fingerprint density at radius 1 is 1.35 bits per heavy atom. The Morgan fingerprint density at radius 2 is 2.05 bits per heavy atom. The van der Waals surface area contributed by atoms with Crippen molar-refractivity contribution in [3.63, 3.8) is 0 Å². The molecule has 0 aromatic rings. The van der Waals surface area contributed by atoms with Crippen LogP contribution in [-0.4, -0.2) is 61.4 Å². The highest BCUT2D eigenvalue weighted by atomic mass is 16.5. The van der Waals surface area contributed by atoms with Gasteiger partial charge in [-0.2, -0.15) is 0 Å². The summed E-state index contributed by atoms with van der Waals surface area (Å²) < 4.78 is 10.6. The van der Waals surface area contributed by atoms with Gasteiger partial charge in [-0.15, -0.1) is 0 Å². The molecule has 1 aliphatic carbocycles. The van der Waals surface area contributed by atoms with E-state index < -0.39 is 11.4 Å². The molecular formula is C14H23NO5. The van der Waals surface area contributed by atoms with E-state index in [9.17, 15) is 14.7 Å². The van der Waals surface area contributed by atoms with E-state index in [4.69, 9.17) is 9.47 Å². The van der Waals surface area contributed by atoms with Crippen LogP contribution in [0.25, 0.3) is 0 Å². The molecule has 0 spiro atoms. The first-order valence-electron chi connectivity index (χ1n) is 7.19. The molecule has 1 aliphatic heterocycles. The van der Waals surface area contributed by atoms with Crippen LogP contribution in [0.3, 0.4) is 0 Å². The van der Waals surface area contributed by atoms with E-state index in [-0.39, 0.29) is 31.8 Å². The number of methoxy groups -OCH3 is 1. The van der Waals surface area contributed by atoms with Gasteiger partial charge in [0.15, 0.2) is 0 Å². The number of ether oxygens (including phenoxy) is 2.